The first-order valence-electron chi connectivity index (χ1n) is 13.3. The Morgan fingerprint density at radius 1 is 1.05 bits per heavy atom. The van der Waals surface area contributed by atoms with Crippen LogP contribution in [0.4, 0.5) is 0 Å². The van der Waals surface area contributed by atoms with Gasteiger partial charge in [0.25, 0.3) is 5.91 Å². The zero-order valence-electron chi connectivity index (χ0n) is 21.1. The smallest absolute Gasteiger partial charge is 0.256 e. The number of nitrogens with zero attached hydrogens (tertiary/aromatic N) is 5. The van der Waals surface area contributed by atoms with Gasteiger partial charge in [-0.05, 0) is 55.2 Å². The number of aryl methyl sites for hydroxylation is 1. The van der Waals surface area contributed by atoms with Crippen molar-refractivity contribution in [3.8, 4) is 11.1 Å². The maximum Gasteiger partial charge on any atom is 0.256 e. The zero-order chi connectivity index (χ0) is 25.3. The van der Waals surface area contributed by atoms with E-state index < -0.39 is 5.54 Å². The summed E-state index contributed by atoms with van der Waals surface area (Å²) in [4.78, 5) is 34.7. The molecule has 1 aromatic heterocycles. The number of likely N-dealkylation sites (tertiary alicyclic amines) is 1. The number of carbonyl (C=O) groups excluding carboxylic acids is 2. The van der Waals surface area contributed by atoms with Crippen molar-refractivity contribution in [2.45, 2.75) is 44.2 Å². The average molecular weight is 498 g/mol. The third-order valence-electron chi connectivity index (χ3n) is 8.46. The van der Waals surface area contributed by atoms with Gasteiger partial charge in [0, 0.05) is 43.5 Å². The number of aliphatic hydroxyl groups is 1. The molecular weight excluding hydrogens is 466 g/mol. The van der Waals surface area contributed by atoms with Crippen LogP contribution in [-0.2, 0) is 23.2 Å². The molecule has 190 valence electrons. The number of rotatable bonds is 6. The van der Waals surface area contributed by atoms with E-state index in [0.717, 1.165) is 78.6 Å². The molecule has 1 spiro atoms. The number of carbonyl (C=O) groups is 2. The number of aromatic nitrogens is 2. The van der Waals surface area contributed by atoms with Crippen LogP contribution in [0, 0.1) is 11.8 Å². The van der Waals surface area contributed by atoms with Gasteiger partial charge in [-0.25, -0.2) is 0 Å². The van der Waals surface area contributed by atoms with Crippen LogP contribution in [0.3, 0.4) is 0 Å². The monoisotopic (exact) mass is 497 g/mol. The van der Waals surface area contributed by atoms with Crippen molar-refractivity contribution in [1.29, 1.82) is 0 Å². The molecule has 0 bridgehead atoms. The van der Waals surface area contributed by atoms with Gasteiger partial charge in [-0.15, -0.1) is 0 Å². The van der Waals surface area contributed by atoms with E-state index in [2.05, 4.69) is 41.5 Å². The molecule has 0 unspecified atom stereocenters. The second-order valence-electron chi connectivity index (χ2n) is 11.1. The normalized spacial score (nSPS) is 22.4. The Labute approximate surface area is 215 Å². The molecule has 1 atom stereocenters. The first-order valence-corrected chi connectivity index (χ1v) is 13.3. The minimum absolute atomic E-state index is 0.0834. The van der Waals surface area contributed by atoms with Gasteiger partial charge in [0.05, 0.1) is 17.8 Å². The van der Waals surface area contributed by atoms with Crippen LogP contribution in [-0.4, -0.2) is 67.5 Å². The summed E-state index contributed by atoms with van der Waals surface area (Å²) in [6, 6.07) is 14.4. The molecule has 2 aliphatic heterocycles. The molecule has 7 rings (SSSR count). The fourth-order valence-corrected chi connectivity index (χ4v) is 5.96. The molecule has 1 saturated heterocycles. The van der Waals surface area contributed by atoms with Crippen LogP contribution in [0.25, 0.3) is 22.0 Å². The minimum atomic E-state index is -0.550. The molecule has 8 heteroatoms. The molecule has 3 heterocycles. The van der Waals surface area contributed by atoms with E-state index in [0.29, 0.717) is 24.1 Å². The van der Waals surface area contributed by atoms with Gasteiger partial charge in [0.1, 0.15) is 11.4 Å². The van der Waals surface area contributed by atoms with E-state index in [1.807, 2.05) is 22.9 Å². The van der Waals surface area contributed by atoms with Crippen LogP contribution in [0.2, 0.25) is 0 Å². The van der Waals surface area contributed by atoms with Crippen molar-refractivity contribution >= 4 is 28.6 Å². The summed E-state index contributed by atoms with van der Waals surface area (Å²) in [6.45, 7) is 2.09. The van der Waals surface area contributed by atoms with E-state index in [4.69, 9.17) is 4.99 Å². The lowest BCUT2D eigenvalue weighted by Gasteiger charge is -2.23. The fourth-order valence-electron chi connectivity index (χ4n) is 5.96. The Bertz CT molecular complexity index is 1450. The predicted molar refractivity (Wildman–Crippen MR) is 140 cm³/mol. The van der Waals surface area contributed by atoms with Crippen LogP contribution < -0.4 is 0 Å². The minimum Gasteiger partial charge on any atom is -0.390 e. The maximum atomic E-state index is 13.4. The van der Waals surface area contributed by atoms with Crippen molar-refractivity contribution in [3.05, 3.63) is 53.7 Å². The molecule has 2 aliphatic carbocycles. The predicted octanol–water partition coefficient (Wildman–Crippen LogP) is 3.11. The Morgan fingerprint density at radius 2 is 1.78 bits per heavy atom. The Hall–Kier alpha value is -3.52. The molecule has 3 fully saturated rings. The van der Waals surface area contributed by atoms with Crippen LogP contribution >= 0.6 is 0 Å². The summed E-state index contributed by atoms with van der Waals surface area (Å²) >= 11 is 0. The number of aliphatic hydroxyl groups excluding tert-OH is 1. The lowest BCUT2D eigenvalue weighted by atomic mass is 10.0. The number of benzene rings is 2. The van der Waals surface area contributed by atoms with E-state index in [1.54, 1.807) is 4.68 Å². The first-order chi connectivity index (χ1) is 18.0. The highest BCUT2D eigenvalue weighted by molar-refractivity contribution is 6.16. The molecule has 2 saturated carbocycles. The van der Waals surface area contributed by atoms with Crippen molar-refractivity contribution in [1.82, 2.24) is 19.6 Å². The number of fused-ring (bicyclic) bond motifs is 1. The fraction of sp³-hybridized carbons (Fsp3) is 0.448. The van der Waals surface area contributed by atoms with Gasteiger partial charge >= 0.3 is 0 Å². The third kappa shape index (κ3) is 3.77. The number of amides is 2. The van der Waals surface area contributed by atoms with Crippen LogP contribution in [0.15, 0.2) is 47.5 Å². The van der Waals surface area contributed by atoms with Gasteiger partial charge < -0.3 is 10.0 Å². The lowest BCUT2D eigenvalue weighted by Crippen LogP contribution is -2.40. The van der Waals surface area contributed by atoms with Crippen LogP contribution in [0.1, 0.15) is 43.4 Å². The standard InChI is InChI=1S/C29H31N5O3/c1-32-25-14-22(8-9-23(25)24(17-35)31-32)19-2-4-20(5-3-19)26-30-29(11-12-29)28(37)34(26)16-18-10-13-33(15-18)27(36)21-6-7-21/h2-5,8-9,14,18,21,35H,6-7,10-13,15-17H2,1H3/t18-/m1/s1. The highest BCUT2D eigenvalue weighted by Crippen LogP contribution is 2.46. The summed E-state index contributed by atoms with van der Waals surface area (Å²) in [5, 5.41) is 14.9. The molecule has 4 aliphatic rings. The summed E-state index contributed by atoms with van der Waals surface area (Å²) in [7, 11) is 1.89. The SMILES string of the molecule is Cn1nc(CO)c2ccc(-c3ccc(C4=NC5(CC5)C(=O)N4C[C@@H]4CCN(C(=O)C5CC5)C4)cc3)cc21. The van der Waals surface area contributed by atoms with Crippen molar-refractivity contribution in [3.63, 3.8) is 0 Å². The molecule has 0 radical (unpaired) electrons. The van der Waals surface area contributed by atoms with Crippen LogP contribution in [0.5, 0.6) is 0 Å². The molecule has 2 aromatic carbocycles. The summed E-state index contributed by atoms with van der Waals surface area (Å²) in [5.74, 6) is 1.73. The van der Waals surface area contributed by atoms with E-state index in [9.17, 15) is 14.7 Å². The largest absolute Gasteiger partial charge is 0.390 e. The second kappa shape index (κ2) is 8.25. The quantitative estimate of drug-likeness (QED) is 0.567. The van der Waals surface area contributed by atoms with Gasteiger partial charge in [-0.2, -0.15) is 5.10 Å². The Kier molecular flexibility index (Phi) is 5.05. The van der Waals surface area contributed by atoms with Crippen molar-refractivity contribution < 1.29 is 14.7 Å². The summed E-state index contributed by atoms with van der Waals surface area (Å²) in [5.41, 5.74) is 4.20. The summed E-state index contributed by atoms with van der Waals surface area (Å²) < 4.78 is 1.80. The van der Waals surface area contributed by atoms with E-state index in [1.165, 1.54) is 0 Å². The molecule has 3 aromatic rings. The topological polar surface area (TPSA) is 91.0 Å². The zero-order valence-corrected chi connectivity index (χ0v) is 21.1. The number of hydrogen-bond donors (Lipinski definition) is 1. The van der Waals surface area contributed by atoms with Gasteiger partial charge in [0.2, 0.25) is 5.91 Å². The van der Waals surface area contributed by atoms with E-state index in [-0.39, 0.29) is 18.4 Å². The molecule has 2 amide bonds. The molecule has 37 heavy (non-hydrogen) atoms. The second-order valence-corrected chi connectivity index (χ2v) is 11.1. The average Bonchev–Trinajstić information content (AvgIpc) is 3.83. The molecule has 8 nitrogen and oxygen atoms in total. The first kappa shape index (κ1) is 22.7. The lowest BCUT2D eigenvalue weighted by molar-refractivity contribution is -0.131. The number of amidine groups is 1. The Morgan fingerprint density at radius 3 is 2.49 bits per heavy atom. The van der Waals surface area contributed by atoms with Gasteiger partial charge in [-0.3, -0.25) is 24.2 Å². The highest BCUT2D eigenvalue weighted by Gasteiger charge is 2.57. The molecule has 1 N–H and O–H groups in total. The maximum absolute atomic E-state index is 13.4. The van der Waals surface area contributed by atoms with E-state index >= 15 is 0 Å². The Balaban J connectivity index is 1.12. The van der Waals surface area contributed by atoms with Gasteiger partial charge in [-0.1, -0.05) is 36.4 Å². The van der Waals surface area contributed by atoms with Crippen molar-refractivity contribution in [2.75, 3.05) is 19.6 Å². The highest BCUT2D eigenvalue weighted by atomic mass is 16.3. The third-order valence-corrected chi connectivity index (χ3v) is 8.46. The van der Waals surface area contributed by atoms with Crippen molar-refractivity contribution in [2.24, 2.45) is 23.9 Å². The molecular formula is C29H31N5O3. The number of aliphatic imine (C=N–C) groups is 1. The number of hydrogen-bond acceptors (Lipinski definition) is 5. The van der Waals surface area contributed by atoms with Gasteiger partial charge in [0.15, 0.2) is 0 Å². The summed E-state index contributed by atoms with van der Waals surface area (Å²) in [6.07, 6.45) is 4.64.